The van der Waals surface area contributed by atoms with Crippen LogP contribution in [0.15, 0.2) is 36.5 Å². The molecule has 1 unspecified atom stereocenters. The van der Waals surface area contributed by atoms with Gasteiger partial charge in [-0.15, -0.1) is 0 Å². The summed E-state index contributed by atoms with van der Waals surface area (Å²) in [6.45, 7) is 7.67. The van der Waals surface area contributed by atoms with Gasteiger partial charge in [0.2, 0.25) is 0 Å². The van der Waals surface area contributed by atoms with Crippen molar-refractivity contribution < 1.29 is 23.8 Å². The molecule has 5 nitrogen and oxygen atoms in total. The third-order valence-electron chi connectivity index (χ3n) is 10.7. The molecule has 0 aliphatic heterocycles. The molecule has 0 saturated carbocycles. The second-order valence-corrected chi connectivity index (χ2v) is 16.4. The van der Waals surface area contributed by atoms with Gasteiger partial charge in [-0.2, -0.15) is 0 Å². The van der Waals surface area contributed by atoms with Crippen LogP contribution in [-0.2, 0) is 23.8 Å². The Morgan fingerprint density at radius 2 is 0.804 bits per heavy atom. The molecule has 0 aromatic heterocycles. The van der Waals surface area contributed by atoms with E-state index >= 15 is 0 Å². The van der Waals surface area contributed by atoms with Gasteiger partial charge in [0.1, 0.15) is 6.61 Å². The Morgan fingerprint density at radius 1 is 0.411 bits per heavy atom. The number of hydrogen-bond acceptors (Lipinski definition) is 5. The lowest BCUT2D eigenvalue weighted by Crippen LogP contribution is -2.30. The summed E-state index contributed by atoms with van der Waals surface area (Å²) in [6.07, 6.45) is 56.1. The van der Waals surface area contributed by atoms with Crippen molar-refractivity contribution in [2.45, 2.75) is 258 Å². The molecule has 56 heavy (non-hydrogen) atoms. The molecule has 0 bridgehead atoms. The van der Waals surface area contributed by atoms with Crippen molar-refractivity contribution in [3.05, 3.63) is 36.5 Å². The second kappa shape index (κ2) is 47.5. The van der Waals surface area contributed by atoms with E-state index in [4.69, 9.17) is 14.2 Å². The predicted molar refractivity (Wildman–Crippen MR) is 242 cm³/mol. The molecule has 0 aromatic carbocycles. The maximum absolute atomic E-state index is 12.6. The van der Waals surface area contributed by atoms with E-state index in [2.05, 4.69) is 57.2 Å². The maximum Gasteiger partial charge on any atom is 0.306 e. The lowest BCUT2D eigenvalue weighted by molar-refractivity contribution is -0.163. The van der Waals surface area contributed by atoms with Gasteiger partial charge in [0.05, 0.1) is 6.61 Å². The summed E-state index contributed by atoms with van der Waals surface area (Å²) in [4.78, 5) is 25.1. The summed E-state index contributed by atoms with van der Waals surface area (Å²) in [7, 11) is 0. The van der Waals surface area contributed by atoms with E-state index in [1.54, 1.807) is 0 Å². The van der Waals surface area contributed by atoms with Crippen LogP contribution < -0.4 is 0 Å². The van der Waals surface area contributed by atoms with Crippen LogP contribution in [0.5, 0.6) is 0 Å². The first-order valence-electron chi connectivity index (χ1n) is 24.5. The van der Waals surface area contributed by atoms with Gasteiger partial charge in [0.15, 0.2) is 6.10 Å². The fourth-order valence-electron chi connectivity index (χ4n) is 7.05. The zero-order valence-electron chi connectivity index (χ0n) is 37.7. The van der Waals surface area contributed by atoms with Gasteiger partial charge in [-0.1, -0.05) is 224 Å². The first kappa shape index (κ1) is 54.1. The van der Waals surface area contributed by atoms with Crippen LogP contribution >= 0.6 is 0 Å². The van der Waals surface area contributed by atoms with Crippen molar-refractivity contribution in [3.63, 3.8) is 0 Å². The molecule has 0 aliphatic carbocycles. The highest BCUT2D eigenvalue weighted by atomic mass is 16.6. The third kappa shape index (κ3) is 44.8. The van der Waals surface area contributed by atoms with Crippen molar-refractivity contribution in [2.24, 2.45) is 0 Å². The van der Waals surface area contributed by atoms with E-state index in [1.165, 1.54) is 154 Å². The Kier molecular flexibility index (Phi) is 45.9. The normalized spacial score (nSPS) is 12.4. The quantitative estimate of drug-likeness (QED) is 0.0349. The molecule has 0 rings (SSSR count). The number of rotatable bonds is 45. The van der Waals surface area contributed by atoms with Gasteiger partial charge < -0.3 is 14.2 Å². The second-order valence-electron chi connectivity index (χ2n) is 16.4. The van der Waals surface area contributed by atoms with Gasteiger partial charge in [-0.3, -0.25) is 9.59 Å². The molecule has 5 heteroatoms. The van der Waals surface area contributed by atoms with Gasteiger partial charge in [0, 0.05) is 19.4 Å². The lowest BCUT2D eigenvalue weighted by Gasteiger charge is -2.18. The molecular weight excluding hydrogens is 693 g/mol. The molecule has 0 radical (unpaired) electrons. The highest BCUT2D eigenvalue weighted by molar-refractivity contribution is 5.70. The fourth-order valence-corrected chi connectivity index (χ4v) is 7.05. The van der Waals surface area contributed by atoms with Crippen LogP contribution in [0.3, 0.4) is 0 Å². The minimum Gasteiger partial charge on any atom is -0.462 e. The van der Waals surface area contributed by atoms with E-state index < -0.39 is 6.10 Å². The van der Waals surface area contributed by atoms with Gasteiger partial charge in [0.25, 0.3) is 0 Å². The van der Waals surface area contributed by atoms with E-state index in [-0.39, 0.29) is 25.2 Å². The van der Waals surface area contributed by atoms with Gasteiger partial charge in [-0.05, 0) is 51.4 Å². The van der Waals surface area contributed by atoms with Crippen LogP contribution in [0.2, 0.25) is 0 Å². The minimum atomic E-state index is -0.531. The maximum atomic E-state index is 12.6. The van der Waals surface area contributed by atoms with Gasteiger partial charge in [-0.25, -0.2) is 0 Å². The van der Waals surface area contributed by atoms with Crippen molar-refractivity contribution >= 4 is 11.9 Å². The molecule has 0 aliphatic rings. The summed E-state index contributed by atoms with van der Waals surface area (Å²) in [5, 5.41) is 0. The SMILES string of the molecule is CC/C=C\C/C=C\C/C=C\CCCCCCCCCCOCC(COC(=O)CCCCCCCCCCCCCCCCCCC)OC(=O)CCCCCCC. The van der Waals surface area contributed by atoms with Crippen LogP contribution in [0.4, 0.5) is 0 Å². The molecule has 328 valence electrons. The van der Waals surface area contributed by atoms with E-state index in [0.29, 0.717) is 19.4 Å². The number of esters is 2. The van der Waals surface area contributed by atoms with Crippen LogP contribution in [0.25, 0.3) is 0 Å². The third-order valence-corrected chi connectivity index (χ3v) is 10.7. The van der Waals surface area contributed by atoms with Crippen molar-refractivity contribution in [1.29, 1.82) is 0 Å². The van der Waals surface area contributed by atoms with Crippen LogP contribution in [0.1, 0.15) is 252 Å². The number of hydrogen-bond donors (Lipinski definition) is 0. The number of carbonyl (C=O) groups is 2. The summed E-state index contributed by atoms with van der Waals surface area (Å²) < 4.78 is 17.2. The smallest absolute Gasteiger partial charge is 0.306 e. The Labute approximate surface area is 349 Å². The monoisotopic (exact) mass is 787 g/mol. The summed E-state index contributed by atoms with van der Waals surface area (Å²) in [5.74, 6) is -0.402. The summed E-state index contributed by atoms with van der Waals surface area (Å²) >= 11 is 0. The zero-order chi connectivity index (χ0) is 40.7. The minimum absolute atomic E-state index is 0.0865. The molecule has 0 saturated heterocycles. The van der Waals surface area contributed by atoms with Crippen LogP contribution in [-0.4, -0.2) is 37.9 Å². The highest BCUT2D eigenvalue weighted by Crippen LogP contribution is 2.15. The number of unbranched alkanes of at least 4 members (excludes halogenated alkanes) is 28. The standard InChI is InChI=1S/C51H94O5/c1-4-7-10-13-15-17-19-21-23-25-27-29-31-33-35-37-40-43-46-54-47-49(56-51(53)45-42-38-12-9-6-3)48-55-50(52)44-41-39-36-34-32-30-28-26-24-22-20-18-16-14-11-8-5-2/h7,10,15,17,21,23,49H,4-6,8-9,11-14,16,18-20,22,24-48H2,1-3H3/b10-7-,17-15-,23-21-. The number of allylic oxidation sites excluding steroid dienone is 6. The largest absolute Gasteiger partial charge is 0.462 e. The number of ether oxygens (including phenoxy) is 3. The first-order chi connectivity index (χ1) is 27.6. The molecule has 0 heterocycles. The average molecular weight is 787 g/mol. The van der Waals surface area contributed by atoms with Crippen LogP contribution in [0, 0.1) is 0 Å². The zero-order valence-corrected chi connectivity index (χ0v) is 37.7. The molecule has 0 spiro atoms. The fraction of sp³-hybridized carbons (Fsp3) is 0.843. The van der Waals surface area contributed by atoms with E-state index in [1.807, 2.05) is 0 Å². The Morgan fingerprint density at radius 3 is 1.29 bits per heavy atom. The number of carbonyl (C=O) groups excluding carboxylic acids is 2. The topological polar surface area (TPSA) is 61.8 Å². The average Bonchev–Trinajstić information content (AvgIpc) is 3.20. The highest BCUT2D eigenvalue weighted by Gasteiger charge is 2.17. The summed E-state index contributed by atoms with van der Waals surface area (Å²) in [5.41, 5.74) is 0. The molecule has 0 aromatic rings. The molecule has 0 fully saturated rings. The Hall–Kier alpha value is -1.88. The van der Waals surface area contributed by atoms with E-state index in [0.717, 1.165) is 64.2 Å². The molecule has 0 N–H and O–H groups in total. The van der Waals surface area contributed by atoms with Crippen molar-refractivity contribution in [1.82, 2.24) is 0 Å². The summed E-state index contributed by atoms with van der Waals surface area (Å²) in [6, 6.07) is 0. The molecular formula is C51H94O5. The first-order valence-corrected chi connectivity index (χ1v) is 24.5. The Bertz CT molecular complexity index is 893. The lowest BCUT2D eigenvalue weighted by atomic mass is 10.0. The van der Waals surface area contributed by atoms with Crippen molar-refractivity contribution in [3.8, 4) is 0 Å². The molecule has 1 atom stereocenters. The van der Waals surface area contributed by atoms with E-state index in [9.17, 15) is 9.59 Å². The van der Waals surface area contributed by atoms with Crippen molar-refractivity contribution in [2.75, 3.05) is 19.8 Å². The predicted octanol–water partition coefficient (Wildman–Crippen LogP) is 16.2. The van der Waals surface area contributed by atoms with Gasteiger partial charge >= 0.3 is 11.9 Å². The molecule has 0 amide bonds. The Balaban J connectivity index is 4.00.